The average Bonchev–Trinajstić information content (AvgIpc) is 2.69. The van der Waals surface area contributed by atoms with Crippen molar-refractivity contribution in [3.63, 3.8) is 0 Å². The van der Waals surface area contributed by atoms with Crippen LogP contribution in [-0.4, -0.2) is 92.4 Å². The minimum absolute atomic E-state index is 0.241. The second-order valence-corrected chi connectivity index (χ2v) is 7.40. The van der Waals surface area contributed by atoms with Gasteiger partial charge < -0.3 is 47.8 Å². The Labute approximate surface area is 188 Å². The van der Waals surface area contributed by atoms with Crippen LogP contribution in [0.5, 0.6) is 0 Å². The van der Waals surface area contributed by atoms with E-state index in [9.17, 15) is 39.0 Å². The molecule has 0 aliphatic rings. The van der Waals surface area contributed by atoms with Gasteiger partial charge in [0.2, 0.25) is 23.6 Å². The Kier molecular flexibility index (Phi) is 12.6. The zero-order chi connectivity index (χ0) is 25.9. The molecule has 0 heterocycles. The van der Waals surface area contributed by atoms with Crippen LogP contribution >= 0.6 is 0 Å². The van der Waals surface area contributed by atoms with Gasteiger partial charge in [-0.1, -0.05) is 0 Å². The average molecular weight is 477 g/mol. The van der Waals surface area contributed by atoms with Gasteiger partial charge in [0.1, 0.15) is 12.1 Å². The molecule has 188 valence electrons. The highest BCUT2D eigenvalue weighted by Crippen LogP contribution is 2.04. The first kappa shape index (κ1) is 29.7. The number of carboxylic acids is 2. The van der Waals surface area contributed by atoms with Gasteiger partial charge >= 0.3 is 11.9 Å². The molecule has 0 rings (SSSR count). The summed E-state index contributed by atoms with van der Waals surface area (Å²) in [5.41, 5.74) is 10.6. The molecule has 11 N–H and O–H groups in total. The number of hydrogen-bond donors (Lipinski definition) is 9. The van der Waals surface area contributed by atoms with Gasteiger partial charge in [0, 0.05) is 12.8 Å². The van der Waals surface area contributed by atoms with Crippen molar-refractivity contribution >= 4 is 35.6 Å². The highest BCUT2D eigenvalue weighted by atomic mass is 16.4. The summed E-state index contributed by atoms with van der Waals surface area (Å²) in [6.07, 6.45) is -4.35. The van der Waals surface area contributed by atoms with Gasteiger partial charge in [-0.25, -0.2) is 4.79 Å². The molecule has 15 heteroatoms. The lowest BCUT2D eigenvalue weighted by Crippen LogP contribution is -2.60. The lowest BCUT2D eigenvalue weighted by atomic mass is 10.1. The minimum atomic E-state index is -1.72. The van der Waals surface area contributed by atoms with E-state index in [1.165, 1.54) is 0 Å². The molecule has 0 saturated heterocycles. The van der Waals surface area contributed by atoms with E-state index in [-0.39, 0.29) is 19.3 Å². The van der Waals surface area contributed by atoms with Crippen LogP contribution in [0.3, 0.4) is 0 Å². The number of hydrogen-bond acceptors (Lipinski definition) is 9. The molecule has 0 bridgehead atoms. The third kappa shape index (κ3) is 11.2. The van der Waals surface area contributed by atoms with Crippen molar-refractivity contribution in [1.82, 2.24) is 16.0 Å². The van der Waals surface area contributed by atoms with Crippen LogP contribution in [0.4, 0.5) is 0 Å². The largest absolute Gasteiger partial charge is 0.481 e. The van der Waals surface area contributed by atoms with Crippen LogP contribution in [-0.2, 0) is 28.8 Å². The quantitative estimate of drug-likeness (QED) is 0.109. The van der Waals surface area contributed by atoms with Crippen molar-refractivity contribution in [2.45, 2.75) is 75.9 Å². The van der Waals surface area contributed by atoms with Gasteiger partial charge in [-0.2, -0.15) is 0 Å². The number of carbonyl (C=O) groups is 6. The summed E-state index contributed by atoms with van der Waals surface area (Å²) in [6.45, 7) is 2.27. The molecule has 0 aliphatic heterocycles. The first-order chi connectivity index (χ1) is 15.2. The van der Waals surface area contributed by atoms with Gasteiger partial charge in [-0.05, 0) is 26.7 Å². The smallest absolute Gasteiger partial charge is 0.328 e. The summed E-state index contributed by atoms with van der Waals surface area (Å²) < 4.78 is 0. The predicted octanol–water partition coefficient (Wildman–Crippen LogP) is -4.26. The number of amides is 4. The number of nitrogens with one attached hydrogen (secondary N) is 3. The number of primary amides is 1. The van der Waals surface area contributed by atoms with Crippen LogP contribution in [0.15, 0.2) is 0 Å². The van der Waals surface area contributed by atoms with Crippen LogP contribution in [0.2, 0.25) is 0 Å². The number of aliphatic carboxylic acids is 2. The predicted molar refractivity (Wildman–Crippen MR) is 110 cm³/mol. The van der Waals surface area contributed by atoms with Crippen LogP contribution < -0.4 is 27.4 Å². The molecule has 6 unspecified atom stereocenters. The van der Waals surface area contributed by atoms with Crippen LogP contribution in [0.1, 0.15) is 39.5 Å². The zero-order valence-corrected chi connectivity index (χ0v) is 18.2. The van der Waals surface area contributed by atoms with E-state index in [1.54, 1.807) is 0 Å². The third-order valence-corrected chi connectivity index (χ3v) is 4.43. The van der Waals surface area contributed by atoms with Gasteiger partial charge in [0.15, 0.2) is 6.04 Å². The van der Waals surface area contributed by atoms with E-state index >= 15 is 0 Å². The molecule has 0 aromatic rings. The van der Waals surface area contributed by atoms with Gasteiger partial charge in [0.05, 0.1) is 18.2 Å². The second-order valence-electron chi connectivity index (χ2n) is 7.40. The van der Waals surface area contributed by atoms with E-state index in [2.05, 4.69) is 10.6 Å². The van der Waals surface area contributed by atoms with E-state index < -0.39 is 78.4 Å². The van der Waals surface area contributed by atoms with Gasteiger partial charge in [-0.15, -0.1) is 0 Å². The normalized spacial score (nSPS) is 16.3. The number of carbonyl (C=O) groups excluding carboxylic acids is 4. The molecule has 0 aromatic carbocycles. The second kappa shape index (κ2) is 14.0. The Hall–Kier alpha value is -3.30. The maximum atomic E-state index is 12.6. The standard InChI is InChI=1S/C18H31N5O10/c1-7(24)13(22-15(29)9(19)3-6-12(27)28)17(31)21-10(4-5-11(20)26)16(30)23-14(8(2)25)18(32)33/h7-10,13-14,24-25H,3-6,19H2,1-2H3,(H2,20,26)(H,21,31)(H,22,29)(H,23,30)(H,27,28)(H,32,33). The summed E-state index contributed by atoms with van der Waals surface area (Å²) in [5, 5.41) is 43.5. The fraction of sp³-hybridized carbons (Fsp3) is 0.667. The maximum Gasteiger partial charge on any atom is 0.328 e. The molecule has 0 fully saturated rings. The lowest BCUT2D eigenvalue weighted by molar-refractivity contribution is -0.145. The molecule has 6 atom stereocenters. The van der Waals surface area contributed by atoms with E-state index in [0.717, 1.165) is 13.8 Å². The van der Waals surface area contributed by atoms with Crippen molar-refractivity contribution in [2.75, 3.05) is 0 Å². The van der Waals surface area contributed by atoms with Crippen molar-refractivity contribution in [3.05, 3.63) is 0 Å². The number of rotatable bonds is 15. The molecule has 0 spiro atoms. The Bertz CT molecular complexity index is 742. The monoisotopic (exact) mass is 477 g/mol. The fourth-order valence-electron chi connectivity index (χ4n) is 2.54. The van der Waals surface area contributed by atoms with Crippen molar-refractivity contribution in [2.24, 2.45) is 11.5 Å². The van der Waals surface area contributed by atoms with Crippen LogP contribution in [0.25, 0.3) is 0 Å². The summed E-state index contributed by atoms with van der Waals surface area (Å²) in [6, 6.07) is -6.15. The zero-order valence-electron chi connectivity index (χ0n) is 18.2. The molecule has 0 aromatic heterocycles. The molecular weight excluding hydrogens is 446 g/mol. The summed E-state index contributed by atoms with van der Waals surface area (Å²) >= 11 is 0. The molecular formula is C18H31N5O10. The van der Waals surface area contributed by atoms with E-state index in [1.807, 2.05) is 5.32 Å². The molecule has 0 radical (unpaired) electrons. The number of aliphatic hydroxyl groups is 2. The van der Waals surface area contributed by atoms with Crippen molar-refractivity contribution in [3.8, 4) is 0 Å². The highest BCUT2D eigenvalue weighted by Gasteiger charge is 2.33. The number of aliphatic hydroxyl groups excluding tert-OH is 2. The molecule has 4 amide bonds. The van der Waals surface area contributed by atoms with E-state index in [4.69, 9.17) is 21.7 Å². The molecule has 15 nitrogen and oxygen atoms in total. The molecule has 0 saturated carbocycles. The third-order valence-electron chi connectivity index (χ3n) is 4.43. The van der Waals surface area contributed by atoms with E-state index in [0.29, 0.717) is 0 Å². The summed E-state index contributed by atoms with van der Waals surface area (Å²) in [7, 11) is 0. The Morgan fingerprint density at radius 3 is 1.70 bits per heavy atom. The number of carboxylic acid groups (broad SMARTS) is 2. The maximum absolute atomic E-state index is 12.6. The topological polar surface area (TPSA) is 271 Å². The van der Waals surface area contributed by atoms with Gasteiger partial charge in [0.25, 0.3) is 0 Å². The SMILES string of the molecule is CC(O)C(NC(=O)C(CCC(N)=O)NC(=O)C(NC(=O)C(N)CCC(=O)O)C(C)O)C(=O)O. The lowest BCUT2D eigenvalue weighted by Gasteiger charge is -2.26. The summed E-state index contributed by atoms with van der Waals surface area (Å²) in [5.74, 6) is -6.64. The fourth-order valence-corrected chi connectivity index (χ4v) is 2.54. The number of nitrogens with two attached hydrogens (primary N) is 2. The van der Waals surface area contributed by atoms with Gasteiger partial charge in [-0.3, -0.25) is 24.0 Å². The van der Waals surface area contributed by atoms with Crippen molar-refractivity contribution < 1.29 is 49.2 Å². The Morgan fingerprint density at radius 2 is 1.27 bits per heavy atom. The Balaban J connectivity index is 5.46. The minimum Gasteiger partial charge on any atom is -0.481 e. The van der Waals surface area contributed by atoms with Crippen molar-refractivity contribution in [1.29, 1.82) is 0 Å². The first-order valence-electron chi connectivity index (χ1n) is 9.93. The molecule has 33 heavy (non-hydrogen) atoms. The first-order valence-corrected chi connectivity index (χ1v) is 9.93. The highest BCUT2D eigenvalue weighted by molar-refractivity contribution is 5.94. The summed E-state index contributed by atoms with van der Waals surface area (Å²) in [4.78, 5) is 70.2. The molecule has 0 aliphatic carbocycles. The van der Waals surface area contributed by atoms with Crippen LogP contribution in [0, 0.1) is 0 Å². The Morgan fingerprint density at radius 1 is 0.758 bits per heavy atom.